The minimum absolute atomic E-state index is 0.263. The molecule has 2 atom stereocenters. The van der Waals surface area contributed by atoms with E-state index in [2.05, 4.69) is 4.72 Å². The lowest BCUT2D eigenvalue weighted by Crippen LogP contribution is -2.40. The molecule has 0 spiro atoms. The van der Waals surface area contributed by atoms with Crippen molar-refractivity contribution in [2.24, 2.45) is 0 Å². The molecule has 2 heterocycles. The number of carbonyl (C=O) groups excluding carboxylic acids is 2. The van der Waals surface area contributed by atoms with Gasteiger partial charge in [-0.25, -0.2) is 8.42 Å². The van der Waals surface area contributed by atoms with Crippen LogP contribution in [0.25, 0.3) is 6.08 Å². The highest BCUT2D eigenvalue weighted by Crippen LogP contribution is 2.39. The highest BCUT2D eigenvalue weighted by Gasteiger charge is 2.44. The van der Waals surface area contributed by atoms with Gasteiger partial charge < -0.3 is 9.80 Å². The maximum absolute atomic E-state index is 12.9. The van der Waals surface area contributed by atoms with Crippen molar-refractivity contribution in [1.29, 1.82) is 0 Å². The van der Waals surface area contributed by atoms with Gasteiger partial charge in [-0.2, -0.15) is 17.9 Å². The molecule has 1 aliphatic heterocycles. The average molecular weight is 548 g/mol. The van der Waals surface area contributed by atoms with Gasteiger partial charge in [0.1, 0.15) is 6.04 Å². The number of aryl methyl sites for hydroxylation is 1. The van der Waals surface area contributed by atoms with Gasteiger partial charge in [0, 0.05) is 29.6 Å². The zero-order valence-corrected chi connectivity index (χ0v) is 20.8. The van der Waals surface area contributed by atoms with Crippen molar-refractivity contribution in [3.05, 3.63) is 56.1 Å². The summed E-state index contributed by atoms with van der Waals surface area (Å²) in [4.78, 5) is 27.4. The van der Waals surface area contributed by atoms with Crippen LogP contribution < -0.4 is 9.62 Å². The maximum atomic E-state index is 12.9. The van der Waals surface area contributed by atoms with E-state index in [0.29, 0.717) is 38.2 Å². The SMILES string of the molecule is CN(C(=O)C(F)(F)F)C1CCc2cc(N3CC[C@H](NS(=O)(=O)/C=C/c4ccc(Cl)s4)C3=O)ccc21. The molecule has 4 rings (SSSR count). The van der Waals surface area contributed by atoms with Gasteiger partial charge >= 0.3 is 12.1 Å². The van der Waals surface area contributed by atoms with Crippen LogP contribution in [0.15, 0.2) is 35.7 Å². The molecule has 0 bridgehead atoms. The van der Waals surface area contributed by atoms with E-state index in [0.717, 1.165) is 18.0 Å². The number of hydrogen-bond donors (Lipinski definition) is 1. The number of alkyl halides is 3. The monoisotopic (exact) mass is 547 g/mol. The summed E-state index contributed by atoms with van der Waals surface area (Å²) in [5, 5.41) is 0.985. The van der Waals surface area contributed by atoms with Crippen LogP contribution in [0, 0.1) is 0 Å². The van der Waals surface area contributed by atoms with E-state index in [1.54, 1.807) is 30.3 Å². The van der Waals surface area contributed by atoms with Crippen LogP contribution in [-0.4, -0.2) is 50.9 Å². The lowest BCUT2D eigenvalue weighted by molar-refractivity contribution is -0.186. The number of fused-ring (bicyclic) bond motifs is 1. The molecular formula is C22H21ClF3N3O4S2. The normalized spacial score (nSPS) is 20.6. The minimum Gasteiger partial charge on any atom is -0.331 e. The Hall–Kier alpha value is -2.41. The molecule has 1 fully saturated rings. The summed E-state index contributed by atoms with van der Waals surface area (Å²) < 4.78 is 66.3. The molecule has 7 nitrogen and oxygen atoms in total. The van der Waals surface area contributed by atoms with E-state index in [9.17, 15) is 31.2 Å². The van der Waals surface area contributed by atoms with Crippen molar-refractivity contribution in [1.82, 2.24) is 9.62 Å². The Balaban J connectivity index is 1.44. The Morgan fingerprint density at radius 1 is 1.26 bits per heavy atom. The average Bonchev–Trinajstić information content (AvgIpc) is 3.49. The topological polar surface area (TPSA) is 86.8 Å². The van der Waals surface area contributed by atoms with Gasteiger partial charge in [-0.3, -0.25) is 9.59 Å². The van der Waals surface area contributed by atoms with Crippen LogP contribution in [0.3, 0.4) is 0 Å². The van der Waals surface area contributed by atoms with Crippen molar-refractivity contribution < 1.29 is 31.2 Å². The van der Waals surface area contributed by atoms with Crippen LogP contribution in [0.1, 0.15) is 34.9 Å². The van der Waals surface area contributed by atoms with E-state index in [4.69, 9.17) is 11.6 Å². The third-order valence-electron chi connectivity index (χ3n) is 6.03. The maximum Gasteiger partial charge on any atom is 0.471 e. The molecular weight excluding hydrogens is 527 g/mol. The predicted octanol–water partition coefficient (Wildman–Crippen LogP) is 4.11. The summed E-state index contributed by atoms with van der Waals surface area (Å²) in [6.45, 7) is 0.283. The van der Waals surface area contributed by atoms with Crippen molar-refractivity contribution >= 4 is 56.5 Å². The third kappa shape index (κ3) is 5.55. The molecule has 0 saturated carbocycles. The molecule has 188 valence electrons. The molecule has 1 saturated heterocycles. The van der Waals surface area contributed by atoms with Crippen molar-refractivity contribution in [2.45, 2.75) is 37.5 Å². The van der Waals surface area contributed by atoms with Crippen LogP contribution in [0.5, 0.6) is 0 Å². The molecule has 1 N–H and O–H groups in total. The minimum atomic E-state index is -4.95. The van der Waals surface area contributed by atoms with Gasteiger partial charge in [0.2, 0.25) is 15.9 Å². The molecule has 1 aromatic carbocycles. The number of benzene rings is 1. The Kier molecular flexibility index (Phi) is 7.02. The van der Waals surface area contributed by atoms with E-state index in [-0.39, 0.29) is 13.0 Å². The van der Waals surface area contributed by atoms with Crippen molar-refractivity contribution in [3.63, 3.8) is 0 Å². The van der Waals surface area contributed by atoms with Gasteiger partial charge in [0.05, 0.1) is 10.4 Å². The second-order valence-electron chi connectivity index (χ2n) is 8.29. The summed E-state index contributed by atoms with van der Waals surface area (Å²) in [7, 11) is -2.75. The highest BCUT2D eigenvalue weighted by molar-refractivity contribution is 7.92. The largest absolute Gasteiger partial charge is 0.471 e. The summed E-state index contributed by atoms with van der Waals surface area (Å²) in [5.74, 6) is -2.32. The lowest BCUT2D eigenvalue weighted by Gasteiger charge is -2.26. The summed E-state index contributed by atoms with van der Waals surface area (Å²) >= 11 is 7.06. The van der Waals surface area contributed by atoms with Gasteiger partial charge in [-0.1, -0.05) is 17.7 Å². The number of hydrogen-bond acceptors (Lipinski definition) is 5. The third-order valence-corrected chi connectivity index (χ3v) is 8.34. The Morgan fingerprint density at radius 3 is 2.66 bits per heavy atom. The van der Waals surface area contributed by atoms with Crippen LogP contribution in [-0.2, 0) is 26.0 Å². The zero-order valence-electron chi connectivity index (χ0n) is 18.4. The zero-order chi connectivity index (χ0) is 25.5. The van der Waals surface area contributed by atoms with Gasteiger partial charge in [-0.15, -0.1) is 11.3 Å². The number of nitrogens with zero attached hydrogens (tertiary/aromatic N) is 2. The molecule has 2 aliphatic rings. The van der Waals surface area contributed by atoms with Gasteiger partial charge in [0.15, 0.2) is 0 Å². The number of halogens is 4. The Labute approximate surface area is 209 Å². The number of thiophene rings is 1. The van der Waals surface area contributed by atoms with Crippen LogP contribution in [0.4, 0.5) is 18.9 Å². The van der Waals surface area contributed by atoms with E-state index in [1.807, 2.05) is 0 Å². The Morgan fingerprint density at radius 2 is 2.00 bits per heavy atom. The fourth-order valence-electron chi connectivity index (χ4n) is 4.35. The van der Waals surface area contributed by atoms with Crippen molar-refractivity contribution in [3.8, 4) is 0 Å². The number of amides is 2. The van der Waals surface area contributed by atoms with Crippen LogP contribution >= 0.6 is 22.9 Å². The number of carbonyl (C=O) groups is 2. The second kappa shape index (κ2) is 9.57. The number of rotatable bonds is 6. The first kappa shape index (κ1) is 25.7. The predicted molar refractivity (Wildman–Crippen MR) is 128 cm³/mol. The first-order valence-electron chi connectivity index (χ1n) is 10.6. The standard InChI is InChI=1S/C22H21ClF3N3O4S2/c1-28(21(31)22(24,25)26)18-6-2-13-12-14(3-5-16(13)18)29-10-8-17(20(29)30)27-35(32,33)11-9-15-4-7-19(23)34-15/h3-5,7,9,11-12,17-18,27H,2,6,8,10H2,1H3/b11-9+/t17-,18?/m0/s1. The van der Waals surface area contributed by atoms with Gasteiger partial charge in [0.25, 0.3) is 0 Å². The molecule has 1 aromatic heterocycles. The fourth-order valence-corrected chi connectivity index (χ4v) is 6.42. The molecule has 1 aliphatic carbocycles. The molecule has 1 unspecified atom stereocenters. The quantitative estimate of drug-likeness (QED) is 0.590. The molecule has 0 radical (unpaired) electrons. The van der Waals surface area contributed by atoms with Crippen LogP contribution in [0.2, 0.25) is 4.34 Å². The number of nitrogens with one attached hydrogen (secondary N) is 1. The first-order chi connectivity index (χ1) is 16.4. The molecule has 13 heteroatoms. The first-order valence-corrected chi connectivity index (χ1v) is 13.3. The van der Waals surface area contributed by atoms with Gasteiger partial charge in [-0.05, 0) is 60.7 Å². The lowest BCUT2D eigenvalue weighted by atomic mass is 10.1. The van der Waals surface area contributed by atoms with E-state index < -0.39 is 40.1 Å². The Bertz CT molecular complexity index is 1290. The van der Waals surface area contributed by atoms with Crippen molar-refractivity contribution in [2.75, 3.05) is 18.5 Å². The summed E-state index contributed by atoms with van der Waals surface area (Å²) in [5.41, 5.74) is 1.89. The van der Waals surface area contributed by atoms with E-state index in [1.165, 1.54) is 22.3 Å². The summed E-state index contributed by atoms with van der Waals surface area (Å²) in [6, 6.07) is 6.64. The molecule has 2 amide bonds. The fraction of sp³-hybridized carbons (Fsp3) is 0.364. The number of anilines is 1. The van der Waals surface area contributed by atoms with E-state index >= 15 is 0 Å². The highest BCUT2D eigenvalue weighted by atomic mass is 35.5. The molecule has 35 heavy (non-hydrogen) atoms. The number of sulfonamides is 1. The smallest absolute Gasteiger partial charge is 0.331 e. The second-order valence-corrected chi connectivity index (χ2v) is 11.6. The molecule has 2 aromatic rings. The summed E-state index contributed by atoms with van der Waals surface area (Å²) in [6.07, 6.45) is -2.49.